The van der Waals surface area contributed by atoms with Gasteiger partial charge < -0.3 is 16.0 Å². The fourth-order valence-corrected chi connectivity index (χ4v) is 2.22. The Morgan fingerprint density at radius 2 is 2.00 bits per heavy atom. The lowest BCUT2D eigenvalue weighted by atomic mass is 10.2. The summed E-state index contributed by atoms with van der Waals surface area (Å²) in [5.74, 6) is 0. The summed E-state index contributed by atoms with van der Waals surface area (Å²) in [4.78, 5) is 2.31. The zero-order chi connectivity index (χ0) is 15.3. The van der Waals surface area contributed by atoms with E-state index in [4.69, 9.17) is 10.9 Å². The lowest BCUT2D eigenvalue weighted by Gasteiger charge is -2.21. The van der Waals surface area contributed by atoms with Gasteiger partial charge in [-0.05, 0) is 52.1 Å². The zero-order valence-corrected chi connectivity index (χ0v) is 13.1. The van der Waals surface area contributed by atoms with E-state index in [-0.39, 0.29) is 4.90 Å². The molecule has 1 rings (SSSR count). The maximum Gasteiger partial charge on any atom is 0.238 e. The molecule has 0 saturated heterocycles. The Bertz CT molecular complexity index is 543. The number of nitrogen functional groups attached to an aromatic ring is 1. The van der Waals surface area contributed by atoms with Crippen LogP contribution in [0.15, 0.2) is 23.1 Å². The van der Waals surface area contributed by atoms with Crippen molar-refractivity contribution in [3.8, 4) is 0 Å². The van der Waals surface area contributed by atoms with Crippen LogP contribution < -0.4 is 16.2 Å². The molecule has 0 aromatic heterocycles. The highest BCUT2D eigenvalue weighted by atomic mass is 32.2. The molecule has 1 aromatic carbocycles. The van der Waals surface area contributed by atoms with Crippen molar-refractivity contribution in [1.29, 1.82) is 0 Å². The fraction of sp³-hybridized carbons (Fsp3) is 0.538. The monoisotopic (exact) mass is 300 g/mol. The van der Waals surface area contributed by atoms with Gasteiger partial charge in [0, 0.05) is 12.6 Å². The molecule has 0 atom stereocenters. The van der Waals surface area contributed by atoms with Gasteiger partial charge in [0.1, 0.15) is 0 Å². The smallest absolute Gasteiger partial charge is 0.238 e. The Labute approximate surface area is 121 Å². The number of nitrogens with zero attached hydrogens (tertiary/aromatic N) is 1. The summed E-state index contributed by atoms with van der Waals surface area (Å²) in [5, 5.41) is 8.25. The first-order valence-electron chi connectivity index (χ1n) is 6.58. The number of primary sulfonamides is 1. The van der Waals surface area contributed by atoms with Crippen molar-refractivity contribution in [3.63, 3.8) is 0 Å². The van der Waals surface area contributed by atoms with Crippen LogP contribution in [-0.2, 0) is 10.0 Å². The van der Waals surface area contributed by atoms with Gasteiger partial charge in [0.25, 0.3) is 0 Å². The van der Waals surface area contributed by atoms with Gasteiger partial charge in [-0.2, -0.15) is 0 Å². The van der Waals surface area contributed by atoms with E-state index in [1.807, 2.05) is 0 Å². The molecule has 1 aromatic rings. The molecule has 7 heteroatoms. The predicted octanol–water partition coefficient (Wildman–Crippen LogP) is 1.06. The number of anilines is 2. The number of nitrogens with two attached hydrogens (primary N) is 2. The molecule has 0 aliphatic rings. The Balaban J connectivity index is 2.60. The molecule has 6 nitrogen and oxygen atoms in total. The van der Waals surface area contributed by atoms with E-state index in [0.29, 0.717) is 17.4 Å². The molecule has 0 saturated carbocycles. The Morgan fingerprint density at radius 3 is 2.55 bits per heavy atom. The molecule has 0 spiro atoms. The Morgan fingerprint density at radius 1 is 1.35 bits per heavy atom. The van der Waals surface area contributed by atoms with E-state index in [1.165, 1.54) is 12.1 Å². The van der Waals surface area contributed by atoms with E-state index in [0.717, 1.165) is 19.5 Å². The average Bonchev–Trinajstić information content (AvgIpc) is 2.34. The van der Waals surface area contributed by atoms with Crippen molar-refractivity contribution in [3.05, 3.63) is 18.2 Å². The number of benzene rings is 1. The molecule has 20 heavy (non-hydrogen) atoms. The summed E-state index contributed by atoms with van der Waals surface area (Å²) in [6.45, 7) is 5.96. The lowest BCUT2D eigenvalue weighted by Crippen LogP contribution is -2.28. The predicted molar refractivity (Wildman–Crippen MR) is 83.1 cm³/mol. The van der Waals surface area contributed by atoms with Gasteiger partial charge in [-0.15, -0.1) is 0 Å². The lowest BCUT2D eigenvalue weighted by molar-refractivity contribution is 0.273. The topological polar surface area (TPSA) is 101 Å². The van der Waals surface area contributed by atoms with Crippen molar-refractivity contribution in [2.75, 3.05) is 31.2 Å². The summed E-state index contributed by atoms with van der Waals surface area (Å²) in [6.07, 6.45) is 0.938. The highest BCUT2D eigenvalue weighted by Gasteiger charge is 2.10. The minimum atomic E-state index is -3.70. The quantitative estimate of drug-likeness (QED) is 0.516. The molecule has 0 unspecified atom stereocenters. The molecule has 5 N–H and O–H groups in total. The highest BCUT2D eigenvalue weighted by Crippen LogP contribution is 2.22. The number of nitrogens with one attached hydrogen (secondary N) is 1. The first kappa shape index (κ1) is 16.7. The maximum absolute atomic E-state index is 11.3. The van der Waals surface area contributed by atoms with Crippen LogP contribution in [0, 0.1) is 0 Å². The molecule has 0 fully saturated rings. The number of rotatable bonds is 7. The molecule has 0 amide bonds. The second-order valence-corrected chi connectivity index (χ2v) is 6.71. The van der Waals surface area contributed by atoms with Gasteiger partial charge in [0.2, 0.25) is 10.0 Å². The second-order valence-electron chi connectivity index (χ2n) is 5.15. The zero-order valence-electron chi connectivity index (χ0n) is 12.3. The molecular weight excluding hydrogens is 276 g/mol. The van der Waals surface area contributed by atoms with Gasteiger partial charge >= 0.3 is 0 Å². The number of sulfonamides is 1. The van der Waals surface area contributed by atoms with Crippen molar-refractivity contribution in [2.45, 2.75) is 31.2 Å². The summed E-state index contributed by atoms with van der Waals surface area (Å²) in [6, 6.07) is 4.92. The van der Waals surface area contributed by atoms with E-state index < -0.39 is 10.0 Å². The SMILES string of the molecule is CC(C)N(C)CCCNc1cc(S(N)(=O)=O)ccc1N. The maximum atomic E-state index is 11.3. The van der Waals surface area contributed by atoms with Gasteiger partial charge in [0.05, 0.1) is 16.3 Å². The van der Waals surface area contributed by atoms with Gasteiger partial charge in [-0.25, -0.2) is 13.6 Å². The highest BCUT2D eigenvalue weighted by molar-refractivity contribution is 7.89. The van der Waals surface area contributed by atoms with Crippen LogP contribution in [0.2, 0.25) is 0 Å². The fourth-order valence-electron chi connectivity index (χ4n) is 1.68. The first-order valence-corrected chi connectivity index (χ1v) is 8.13. The molecular formula is C13H24N4O2S. The first-order chi connectivity index (χ1) is 9.21. The third-order valence-corrected chi connectivity index (χ3v) is 4.15. The van der Waals surface area contributed by atoms with Crippen molar-refractivity contribution >= 4 is 21.4 Å². The second kappa shape index (κ2) is 6.92. The molecule has 0 bridgehead atoms. The summed E-state index contributed by atoms with van der Waals surface area (Å²) < 4.78 is 22.6. The van der Waals surface area contributed by atoms with Crippen molar-refractivity contribution < 1.29 is 8.42 Å². The summed E-state index contributed by atoms with van der Waals surface area (Å²) >= 11 is 0. The molecule has 0 heterocycles. The largest absolute Gasteiger partial charge is 0.397 e. The van der Waals surface area contributed by atoms with Crippen LogP contribution in [0.5, 0.6) is 0 Å². The van der Waals surface area contributed by atoms with Gasteiger partial charge in [0.15, 0.2) is 0 Å². The Hall–Kier alpha value is -1.31. The minimum Gasteiger partial charge on any atom is -0.397 e. The van der Waals surface area contributed by atoms with E-state index in [9.17, 15) is 8.42 Å². The van der Waals surface area contributed by atoms with Gasteiger partial charge in [-0.1, -0.05) is 0 Å². The molecule has 0 aliphatic carbocycles. The van der Waals surface area contributed by atoms with Crippen LogP contribution in [0.3, 0.4) is 0 Å². The number of hydrogen-bond acceptors (Lipinski definition) is 5. The average molecular weight is 300 g/mol. The normalized spacial score (nSPS) is 12.1. The minimum absolute atomic E-state index is 0.0634. The standard InChI is InChI=1S/C13H24N4O2S/c1-10(2)17(3)8-4-7-16-13-9-11(20(15,18)19)5-6-12(13)14/h5-6,9-10,16H,4,7-8,14H2,1-3H3,(H2,15,18,19). The van der Waals surface area contributed by atoms with Crippen molar-refractivity contribution in [2.24, 2.45) is 5.14 Å². The van der Waals surface area contributed by atoms with E-state index >= 15 is 0 Å². The van der Waals surface area contributed by atoms with Crippen LogP contribution in [0.25, 0.3) is 0 Å². The molecule has 114 valence electrons. The van der Waals surface area contributed by atoms with Crippen LogP contribution in [0.1, 0.15) is 20.3 Å². The van der Waals surface area contributed by atoms with Crippen LogP contribution in [-0.4, -0.2) is 39.5 Å². The van der Waals surface area contributed by atoms with Crippen molar-refractivity contribution in [1.82, 2.24) is 4.90 Å². The molecule has 0 radical (unpaired) electrons. The van der Waals surface area contributed by atoms with Crippen LogP contribution in [0.4, 0.5) is 11.4 Å². The van der Waals surface area contributed by atoms with Gasteiger partial charge in [-0.3, -0.25) is 0 Å². The van der Waals surface area contributed by atoms with Crippen LogP contribution >= 0.6 is 0 Å². The number of hydrogen-bond donors (Lipinski definition) is 3. The summed E-state index contributed by atoms with van der Waals surface area (Å²) in [5.41, 5.74) is 6.92. The molecule has 0 aliphatic heterocycles. The third kappa shape index (κ3) is 4.99. The van der Waals surface area contributed by atoms with E-state index in [2.05, 4.69) is 31.1 Å². The van der Waals surface area contributed by atoms with E-state index in [1.54, 1.807) is 6.07 Å². The Kier molecular flexibility index (Phi) is 5.79. The third-order valence-electron chi connectivity index (χ3n) is 3.24. The summed E-state index contributed by atoms with van der Waals surface area (Å²) in [7, 11) is -1.63.